The number of nitrogens with one attached hydrogen (secondary N) is 1. The molecule has 134 valence electrons. The second kappa shape index (κ2) is 8.01. The summed E-state index contributed by atoms with van der Waals surface area (Å²) in [5.41, 5.74) is 6.44. The molecule has 0 unspecified atom stereocenters. The van der Waals surface area contributed by atoms with Gasteiger partial charge in [-0.25, -0.2) is 5.43 Å². The predicted molar refractivity (Wildman–Crippen MR) is 102 cm³/mol. The van der Waals surface area contributed by atoms with E-state index < -0.39 is 0 Å². The van der Waals surface area contributed by atoms with Crippen molar-refractivity contribution in [1.82, 2.24) is 9.99 Å². The van der Waals surface area contributed by atoms with Crippen LogP contribution in [0.25, 0.3) is 0 Å². The third-order valence-electron chi connectivity index (χ3n) is 3.90. The van der Waals surface area contributed by atoms with E-state index in [1.54, 1.807) is 30.5 Å². The van der Waals surface area contributed by atoms with Crippen LogP contribution < -0.4 is 10.2 Å². The normalized spacial score (nSPS) is 11.5. The number of nitrogens with zero attached hydrogens (tertiary/aromatic N) is 2. The molecule has 0 atom stereocenters. The van der Waals surface area contributed by atoms with Crippen LogP contribution >= 0.6 is 0 Å². The number of aromatic nitrogens is 1. The summed E-state index contributed by atoms with van der Waals surface area (Å²) in [7, 11) is 0. The molecule has 0 saturated heterocycles. The molecule has 0 fully saturated rings. The Labute approximate surface area is 149 Å². The first kappa shape index (κ1) is 18.8. The van der Waals surface area contributed by atoms with Crippen LogP contribution in [0, 0.1) is 13.8 Å². The molecule has 5 heteroatoms. The van der Waals surface area contributed by atoms with Crippen LogP contribution in [-0.2, 0) is 0 Å². The van der Waals surface area contributed by atoms with Crippen LogP contribution in [-0.4, -0.2) is 22.8 Å². The number of hydrogen-bond donors (Lipinski definition) is 1. The topological polar surface area (TPSA) is 55.6 Å². The number of aryl methyl sites for hydroxylation is 1. The monoisotopic (exact) mass is 341 g/mol. The van der Waals surface area contributed by atoms with E-state index in [1.807, 2.05) is 13.8 Å². The van der Waals surface area contributed by atoms with Gasteiger partial charge in [0.2, 0.25) is 0 Å². The molecule has 0 radical (unpaired) electrons. The standard InChI is InChI=1S/C20H27N3O2/c1-13(2)23-15(5)11-18(16(23)6)12-21-22-20(24)17-7-9-19(10-8-17)25-14(3)4/h7-14H,1-6H3,(H,22,24)/b21-12-. The van der Waals surface area contributed by atoms with Gasteiger partial charge >= 0.3 is 0 Å². The molecule has 0 aliphatic rings. The van der Waals surface area contributed by atoms with E-state index in [0.717, 1.165) is 17.0 Å². The van der Waals surface area contributed by atoms with Gasteiger partial charge < -0.3 is 9.30 Å². The third kappa shape index (κ3) is 4.72. The van der Waals surface area contributed by atoms with Crippen LogP contribution in [0.15, 0.2) is 35.4 Å². The maximum atomic E-state index is 12.2. The average Bonchev–Trinajstić information content (AvgIpc) is 2.81. The molecule has 5 nitrogen and oxygen atoms in total. The van der Waals surface area contributed by atoms with E-state index in [4.69, 9.17) is 4.74 Å². The molecular weight excluding hydrogens is 314 g/mol. The van der Waals surface area contributed by atoms with Gasteiger partial charge in [-0.1, -0.05) is 0 Å². The van der Waals surface area contributed by atoms with E-state index in [2.05, 4.69) is 48.9 Å². The number of amides is 1. The number of carbonyl (C=O) groups is 1. The summed E-state index contributed by atoms with van der Waals surface area (Å²) in [6, 6.07) is 9.50. The number of benzene rings is 1. The zero-order valence-electron chi connectivity index (χ0n) is 15.8. The molecule has 2 aromatic rings. The summed E-state index contributed by atoms with van der Waals surface area (Å²) >= 11 is 0. The molecule has 1 aromatic carbocycles. The lowest BCUT2D eigenvalue weighted by Gasteiger charge is -2.13. The van der Waals surface area contributed by atoms with Gasteiger partial charge in [0.25, 0.3) is 5.91 Å². The van der Waals surface area contributed by atoms with Gasteiger partial charge in [0.15, 0.2) is 0 Å². The van der Waals surface area contributed by atoms with Crippen LogP contribution in [0.1, 0.15) is 61.0 Å². The van der Waals surface area contributed by atoms with Crippen LogP contribution in [0.5, 0.6) is 5.75 Å². The quantitative estimate of drug-likeness (QED) is 0.631. The fourth-order valence-electron chi connectivity index (χ4n) is 2.91. The summed E-state index contributed by atoms with van der Waals surface area (Å²) in [6.07, 6.45) is 1.80. The second-order valence-electron chi connectivity index (χ2n) is 6.68. The van der Waals surface area contributed by atoms with E-state index in [0.29, 0.717) is 11.6 Å². The highest BCUT2D eigenvalue weighted by Gasteiger charge is 2.10. The van der Waals surface area contributed by atoms with Crippen molar-refractivity contribution < 1.29 is 9.53 Å². The molecule has 0 aliphatic heterocycles. The van der Waals surface area contributed by atoms with Crippen molar-refractivity contribution in [3.05, 3.63) is 52.8 Å². The zero-order chi connectivity index (χ0) is 18.6. The molecule has 2 rings (SSSR count). The SMILES string of the molecule is Cc1cc(/C=N\NC(=O)c2ccc(OC(C)C)cc2)c(C)n1C(C)C. The molecule has 0 spiro atoms. The van der Waals surface area contributed by atoms with Crippen molar-refractivity contribution >= 4 is 12.1 Å². The van der Waals surface area contributed by atoms with Crippen molar-refractivity contribution in [1.29, 1.82) is 0 Å². The van der Waals surface area contributed by atoms with Crippen molar-refractivity contribution in [2.24, 2.45) is 5.10 Å². The highest BCUT2D eigenvalue weighted by atomic mass is 16.5. The Morgan fingerprint density at radius 3 is 2.32 bits per heavy atom. The number of ether oxygens (including phenoxy) is 1. The molecule has 1 heterocycles. The lowest BCUT2D eigenvalue weighted by Crippen LogP contribution is -2.17. The largest absolute Gasteiger partial charge is 0.491 e. The van der Waals surface area contributed by atoms with Crippen LogP contribution in [0.3, 0.4) is 0 Å². The molecule has 1 N–H and O–H groups in total. The Kier molecular flexibility index (Phi) is 6.02. The van der Waals surface area contributed by atoms with E-state index >= 15 is 0 Å². The number of hydrogen-bond acceptors (Lipinski definition) is 3. The minimum absolute atomic E-state index is 0.106. The smallest absolute Gasteiger partial charge is 0.271 e. The second-order valence-corrected chi connectivity index (χ2v) is 6.68. The summed E-state index contributed by atoms with van der Waals surface area (Å²) in [4.78, 5) is 12.2. The highest BCUT2D eigenvalue weighted by molar-refractivity contribution is 5.95. The van der Waals surface area contributed by atoms with E-state index in [1.165, 1.54) is 5.69 Å². The Morgan fingerprint density at radius 2 is 1.80 bits per heavy atom. The van der Waals surface area contributed by atoms with Crippen molar-refractivity contribution in [3.8, 4) is 5.75 Å². The molecule has 0 bridgehead atoms. The van der Waals surface area contributed by atoms with Crippen LogP contribution in [0.2, 0.25) is 0 Å². The Morgan fingerprint density at radius 1 is 1.16 bits per heavy atom. The summed E-state index contributed by atoms with van der Waals surface area (Å²) in [5, 5.41) is 4.09. The van der Waals surface area contributed by atoms with Crippen molar-refractivity contribution in [2.45, 2.75) is 53.7 Å². The molecule has 1 aromatic heterocycles. The first-order valence-corrected chi connectivity index (χ1v) is 8.58. The minimum Gasteiger partial charge on any atom is -0.491 e. The summed E-state index contributed by atoms with van der Waals surface area (Å²) in [6.45, 7) is 12.4. The lowest BCUT2D eigenvalue weighted by molar-refractivity contribution is 0.0955. The highest BCUT2D eigenvalue weighted by Crippen LogP contribution is 2.18. The fraction of sp³-hybridized carbons (Fsp3) is 0.400. The summed E-state index contributed by atoms with van der Waals surface area (Å²) in [5.74, 6) is 0.501. The molecule has 0 saturated carbocycles. The van der Waals surface area contributed by atoms with E-state index in [9.17, 15) is 4.79 Å². The Bertz CT molecular complexity index is 756. The zero-order valence-corrected chi connectivity index (χ0v) is 15.8. The first-order chi connectivity index (χ1) is 11.8. The van der Waals surface area contributed by atoms with Crippen LogP contribution in [0.4, 0.5) is 0 Å². The molecule has 0 aliphatic carbocycles. The maximum absolute atomic E-state index is 12.2. The molecule has 1 amide bonds. The Hall–Kier alpha value is -2.56. The number of rotatable bonds is 6. The minimum atomic E-state index is -0.245. The van der Waals surface area contributed by atoms with Gasteiger partial charge in [0.05, 0.1) is 12.3 Å². The molecule has 25 heavy (non-hydrogen) atoms. The first-order valence-electron chi connectivity index (χ1n) is 8.58. The third-order valence-corrected chi connectivity index (χ3v) is 3.90. The fourth-order valence-corrected chi connectivity index (χ4v) is 2.91. The van der Waals surface area contributed by atoms with Gasteiger partial charge in [-0.15, -0.1) is 0 Å². The lowest BCUT2D eigenvalue weighted by atomic mass is 10.2. The van der Waals surface area contributed by atoms with Gasteiger partial charge in [-0.05, 0) is 71.9 Å². The maximum Gasteiger partial charge on any atom is 0.271 e. The molecular formula is C20H27N3O2. The van der Waals surface area contributed by atoms with Crippen molar-refractivity contribution in [2.75, 3.05) is 0 Å². The Balaban J connectivity index is 2.02. The van der Waals surface area contributed by atoms with Gasteiger partial charge in [-0.2, -0.15) is 5.10 Å². The van der Waals surface area contributed by atoms with Crippen molar-refractivity contribution in [3.63, 3.8) is 0 Å². The number of carbonyl (C=O) groups excluding carboxylic acids is 1. The van der Waals surface area contributed by atoms with Gasteiger partial charge in [0, 0.05) is 28.6 Å². The summed E-state index contributed by atoms with van der Waals surface area (Å²) < 4.78 is 7.82. The van der Waals surface area contributed by atoms with E-state index in [-0.39, 0.29) is 12.0 Å². The van der Waals surface area contributed by atoms with Gasteiger partial charge in [-0.3, -0.25) is 4.79 Å². The van der Waals surface area contributed by atoms with Gasteiger partial charge in [0.1, 0.15) is 5.75 Å². The predicted octanol–water partition coefficient (Wildman–Crippen LogP) is 4.24. The number of hydrazone groups is 1. The average molecular weight is 341 g/mol.